The van der Waals surface area contributed by atoms with E-state index in [1.54, 1.807) is 7.11 Å². The van der Waals surface area contributed by atoms with Crippen LogP contribution in [0.4, 0.5) is 0 Å². The molecule has 138 valence electrons. The normalized spacial score (nSPS) is 10.4. The molecule has 4 heteroatoms. The minimum atomic E-state index is -0.537. The van der Waals surface area contributed by atoms with Crippen molar-refractivity contribution in [3.05, 3.63) is 70.8 Å². The molecule has 0 spiro atoms. The molecule has 4 nitrogen and oxygen atoms in total. The standard InChI is InChI=1S/C22H26O4/c1-15(2)10-13-18-19(25-3)14-17(20(21(18)23)22(24)26-4)12-11-16-8-6-5-7-9-16/h5-9,14,23H,1,10-13H2,2-4H3. The van der Waals surface area contributed by atoms with Gasteiger partial charge in [-0.2, -0.15) is 0 Å². The van der Waals surface area contributed by atoms with Gasteiger partial charge in [-0.1, -0.05) is 35.9 Å². The number of carbonyl (C=O) groups is 1. The summed E-state index contributed by atoms with van der Waals surface area (Å²) in [5.74, 6) is -0.00948. The van der Waals surface area contributed by atoms with Gasteiger partial charge in [0.1, 0.15) is 17.1 Å². The summed E-state index contributed by atoms with van der Waals surface area (Å²) in [5.41, 5.74) is 3.71. The Labute approximate surface area is 155 Å². The van der Waals surface area contributed by atoms with Gasteiger partial charge < -0.3 is 14.6 Å². The SMILES string of the molecule is C=C(C)CCc1c(OC)cc(CCc2ccccc2)c(C(=O)OC)c1O. The Balaban J connectivity index is 2.43. The smallest absolute Gasteiger partial charge is 0.341 e. The largest absolute Gasteiger partial charge is 0.507 e. The number of phenolic OH excluding ortho intramolecular Hbond substituents is 1. The molecule has 0 aliphatic carbocycles. The van der Waals surface area contributed by atoms with Gasteiger partial charge in [0.15, 0.2) is 0 Å². The number of hydrogen-bond donors (Lipinski definition) is 1. The maximum Gasteiger partial charge on any atom is 0.341 e. The second-order valence-electron chi connectivity index (χ2n) is 6.37. The molecule has 2 aromatic rings. The van der Waals surface area contributed by atoms with Crippen LogP contribution in [0.25, 0.3) is 0 Å². The van der Waals surface area contributed by atoms with Crippen LogP contribution < -0.4 is 4.74 Å². The lowest BCUT2D eigenvalue weighted by molar-refractivity contribution is 0.0596. The van der Waals surface area contributed by atoms with Crippen LogP contribution in [0.1, 0.15) is 40.4 Å². The highest BCUT2D eigenvalue weighted by Gasteiger charge is 2.23. The Morgan fingerprint density at radius 1 is 1.12 bits per heavy atom. The number of allylic oxidation sites excluding steroid dienone is 1. The first-order chi connectivity index (χ1) is 12.5. The highest BCUT2D eigenvalue weighted by molar-refractivity contribution is 5.95. The van der Waals surface area contributed by atoms with Gasteiger partial charge in [-0.05, 0) is 49.8 Å². The number of phenols is 1. The lowest BCUT2D eigenvalue weighted by Gasteiger charge is -2.17. The molecule has 0 aromatic heterocycles. The number of carbonyl (C=O) groups excluding carboxylic acids is 1. The second-order valence-corrected chi connectivity index (χ2v) is 6.37. The van der Waals surface area contributed by atoms with Crippen LogP contribution in [0, 0.1) is 0 Å². The fourth-order valence-corrected chi connectivity index (χ4v) is 2.95. The first kappa shape index (κ1) is 19.6. The van der Waals surface area contributed by atoms with Crippen molar-refractivity contribution in [1.29, 1.82) is 0 Å². The van der Waals surface area contributed by atoms with Crippen molar-refractivity contribution in [3.63, 3.8) is 0 Å². The van der Waals surface area contributed by atoms with E-state index in [-0.39, 0.29) is 11.3 Å². The maximum absolute atomic E-state index is 12.3. The number of methoxy groups -OCH3 is 2. The van der Waals surface area contributed by atoms with Crippen LogP contribution >= 0.6 is 0 Å². The fourth-order valence-electron chi connectivity index (χ4n) is 2.95. The zero-order chi connectivity index (χ0) is 19.1. The van der Waals surface area contributed by atoms with E-state index in [0.29, 0.717) is 36.1 Å². The molecular weight excluding hydrogens is 328 g/mol. The number of esters is 1. The molecule has 0 heterocycles. The zero-order valence-corrected chi connectivity index (χ0v) is 15.7. The van der Waals surface area contributed by atoms with Crippen molar-refractivity contribution in [2.24, 2.45) is 0 Å². The van der Waals surface area contributed by atoms with Crippen molar-refractivity contribution < 1.29 is 19.4 Å². The lowest BCUT2D eigenvalue weighted by atomic mass is 9.93. The molecule has 0 amide bonds. The zero-order valence-electron chi connectivity index (χ0n) is 15.7. The monoisotopic (exact) mass is 354 g/mol. The molecule has 0 aliphatic rings. The van der Waals surface area contributed by atoms with E-state index in [1.807, 2.05) is 43.3 Å². The summed E-state index contributed by atoms with van der Waals surface area (Å²) in [6, 6.07) is 11.8. The van der Waals surface area contributed by atoms with Gasteiger partial charge in [0.25, 0.3) is 0 Å². The third-order valence-electron chi connectivity index (χ3n) is 4.38. The van der Waals surface area contributed by atoms with Gasteiger partial charge in [0.05, 0.1) is 14.2 Å². The lowest BCUT2D eigenvalue weighted by Crippen LogP contribution is -2.10. The van der Waals surface area contributed by atoms with Crippen molar-refractivity contribution >= 4 is 5.97 Å². The van der Waals surface area contributed by atoms with Gasteiger partial charge in [-0.25, -0.2) is 4.79 Å². The minimum Gasteiger partial charge on any atom is -0.507 e. The maximum atomic E-state index is 12.3. The predicted molar refractivity (Wildman–Crippen MR) is 103 cm³/mol. The molecule has 0 saturated carbocycles. The van der Waals surface area contributed by atoms with Gasteiger partial charge in [0.2, 0.25) is 0 Å². The van der Waals surface area contributed by atoms with E-state index in [9.17, 15) is 9.90 Å². The van der Waals surface area contributed by atoms with E-state index in [1.165, 1.54) is 7.11 Å². The molecule has 0 radical (unpaired) electrons. The number of rotatable bonds is 8. The van der Waals surface area contributed by atoms with Crippen molar-refractivity contribution in [2.45, 2.75) is 32.6 Å². The van der Waals surface area contributed by atoms with E-state index in [2.05, 4.69) is 6.58 Å². The Morgan fingerprint density at radius 3 is 2.38 bits per heavy atom. The first-order valence-electron chi connectivity index (χ1n) is 8.66. The molecule has 0 bridgehead atoms. The Kier molecular flexibility index (Phi) is 6.84. The van der Waals surface area contributed by atoms with Gasteiger partial charge >= 0.3 is 5.97 Å². The highest BCUT2D eigenvalue weighted by Crippen LogP contribution is 2.36. The number of hydrogen-bond acceptors (Lipinski definition) is 4. The highest BCUT2D eigenvalue weighted by atomic mass is 16.5. The fraction of sp³-hybridized carbons (Fsp3) is 0.318. The molecule has 0 atom stereocenters. The average molecular weight is 354 g/mol. The topological polar surface area (TPSA) is 55.8 Å². The van der Waals surface area contributed by atoms with Crippen LogP contribution in [0.2, 0.25) is 0 Å². The molecule has 0 fully saturated rings. The van der Waals surface area contributed by atoms with E-state index < -0.39 is 5.97 Å². The number of ether oxygens (including phenoxy) is 2. The van der Waals surface area contributed by atoms with Gasteiger partial charge in [0, 0.05) is 5.56 Å². The predicted octanol–water partition coefficient (Wildman–Crippen LogP) is 4.48. The Hall–Kier alpha value is -2.75. The quantitative estimate of drug-likeness (QED) is 0.561. The second kappa shape index (κ2) is 9.09. The first-order valence-corrected chi connectivity index (χ1v) is 8.66. The van der Waals surface area contributed by atoms with Crippen LogP contribution in [-0.4, -0.2) is 25.3 Å². The summed E-state index contributed by atoms with van der Waals surface area (Å²) >= 11 is 0. The van der Waals surface area contributed by atoms with Gasteiger partial charge in [-0.3, -0.25) is 0 Å². The van der Waals surface area contributed by atoms with E-state index >= 15 is 0 Å². The number of benzene rings is 2. The van der Waals surface area contributed by atoms with Gasteiger partial charge in [-0.15, -0.1) is 6.58 Å². The number of aromatic hydroxyl groups is 1. The van der Waals surface area contributed by atoms with Crippen molar-refractivity contribution in [3.8, 4) is 11.5 Å². The summed E-state index contributed by atoms with van der Waals surface area (Å²) in [7, 11) is 2.89. The molecule has 0 unspecified atom stereocenters. The van der Waals surface area contributed by atoms with Crippen LogP contribution in [0.5, 0.6) is 11.5 Å². The van der Waals surface area contributed by atoms with E-state index in [0.717, 1.165) is 17.6 Å². The third kappa shape index (κ3) is 4.66. The Morgan fingerprint density at radius 2 is 1.81 bits per heavy atom. The summed E-state index contributed by atoms with van der Waals surface area (Å²) in [4.78, 5) is 12.3. The molecular formula is C22H26O4. The summed E-state index contributed by atoms with van der Waals surface area (Å²) in [5, 5.41) is 10.8. The molecule has 1 N–H and O–H groups in total. The van der Waals surface area contributed by atoms with Crippen LogP contribution in [-0.2, 0) is 24.0 Å². The minimum absolute atomic E-state index is 0.0551. The summed E-state index contributed by atoms with van der Waals surface area (Å²) < 4.78 is 10.4. The average Bonchev–Trinajstić information content (AvgIpc) is 2.65. The summed E-state index contributed by atoms with van der Waals surface area (Å²) in [6.07, 6.45) is 2.60. The van der Waals surface area contributed by atoms with Crippen LogP contribution in [0.15, 0.2) is 48.6 Å². The van der Waals surface area contributed by atoms with Crippen LogP contribution in [0.3, 0.4) is 0 Å². The van der Waals surface area contributed by atoms with E-state index in [4.69, 9.17) is 9.47 Å². The molecule has 0 saturated heterocycles. The van der Waals surface area contributed by atoms with Crippen molar-refractivity contribution in [1.82, 2.24) is 0 Å². The number of aryl methyl sites for hydroxylation is 2. The molecule has 26 heavy (non-hydrogen) atoms. The summed E-state index contributed by atoms with van der Waals surface area (Å²) in [6.45, 7) is 5.83. The Bertz CT molecular complexity index is 778. The molecule has 2 rings (SSSR count). The third-order valence-corrected chi connectivity index (χ3v) is 4.38. The molecule has 2 aromatic carbocycles. The molecule has 0 aliphatic heterocycles. The van der Waals surface area contributed by atoms with Crippen molar-refractivity contribution in [2.75, 3.05) is 14.2 Å².